The van der Waals surface area contributed by atoms with Gasteiger partial charge in [-0.05, 0) is 37.1 Å². The fourth-order valence-electron chi connectivity index (χ4n) is 3.66. The summed E-state index contributed by atoms with van der Waals surface area (Å²) in [4.78, 5) is 15.1. The zero-order valence-electron chi connectivity index (χ0n) is 17.0. The lowest BCUT2D eigenvalue weighted by Gasteiger charge is -2.20. The predicted octanol–water partition coefficient (Wildman–Crippen LogP) is 2.74. The number of guanidine groups is 1. The van der Waals surface area contributed by atoms with Crippen LogP contribution in [0.5, 0.6) is 0 Å². The molecule has 7 nitrogen and oxygen atoms in total. The third-order valence-electron chi connectivity index (χ3n) is 5.09. The van der Waals surface area contributed by atoms with Crippen molar-refractivity contribution >= 4 is 11.8 Å². The summed E-state index contributed by atoms with van der Waals surface area (Å²) in [6, 6.07) is 11.4. The topological polar surface area (TPSA) is 70.4 Å². The summed E-state index contributed by atoms with van der Waals surface area (Å²) in [6.07, 6.45) is 8.00. The van der Waals surface area contributed by atoms with E-state index in [0.29, 0.717) is 18.9 Å². The Morgan fingerprint density at radius 1 is 1.23 bits per heavy atom. The Kier molecular flexibility index (Phi) is 6.22. The number of aromatic nitrogens is 3. The number of hydrogen-bond donors (Lipinski definition) is 2. The fourth-order valence-corrected chi connectivity index (χ4v) is 3.66. The molecule has 0 radical (unpaired) electrons. The van der Waals surface area contributed by atoms with Gasteiger partial charge in [0.2, 0.25) is 0 Å². The van der Waals surface area contributed by atoms with Gasteiger partial charge in [0, 0.05) is 44.3 Å². The van der Waals surface area contributed by atoms with Gasteiger partial charge in [-0.15, -0.1) is 0 Å². The molecule has 1 aliphatic heterocycles. The molecule has 1 aromatic carbocycles. The molecule has 8 heteroatoms. The van der Waals surface area contributed by atoms with Crippen molar-refractivity contribution in [2.24, 2.45) is 4.99 Å². The molecule has 0 amide bonds. The number of nitrogens with zero attached hydrogens (tertiary/aromatic N) is 5. The highest BCUT2D eigenvalue weighted by Gasteiger charge is 2.25. The maximum absolute atomic E-state index is 14.0. The van der Waals surface area contributed by atoms with Crippen molar-refractivity contribution in [2.75, 3.05) is 24.5 Å². The number of pyridine rings is 1. The molecular weight excluding hydrogens is 381 g/mol. The summed E-state index contributed by atoms with van der Waals surface area (Å²) < 4.78 is 16.0. The first kappa shape index (κ1) is 19.9. The van der Waals surface area contributed by atoms with Crippen LogP contribution in [0.15, 0.2) is 66.3 Å². The van der Waals surface area contributed by atoms with Crippen LogP contribution >= 0.6 is 0 Å². The minimum absolute atomic E-state index is 0.174. The quantitative estimate of drug-likeness (QED) is 0.486. The lowest BCUT2D eigenvalue weighted by Crippen LogP contribution is -2.44. The van der Waals surface area contributed by atoms with E-state index in [1.165, 1.54) is 6.07 Å². The Hall–Kier alpha value is -3.42. The molecule has 1 unspecified atom stereocenters. The van der Waals surface area contributed by atoms with Crippen molar-refractivity contribution in [3.63, 3.8) is 0 Å². The van der Waals surface area contributed by atoms with Crippen LogP contribution in [0.4, 0.5) is 10.2 Å². The Balaban J connectivity index is 1.44. The number of para-hydroxylation sites is 1. The van der Waals surface area contributed by atoms with Crippen molar-refractivity contribution in [1.82, 2.24) is 25.2 Å². The third-order valence-corrected chi connectivity index (χ3v) is 5.09. The van der Waals surface area contributed by atoms with Crippen LogP contribution < -0.4 is 15.5 Å². The van der Waals surface area contributed by atoms with Gasteiger partial charge >= 0.3 is 0 Å². The number of nitrogens with one attached hydrogen (secondary N) is 2. The molecule has 0 saturated carbocycles. The van der Waals surface area contributed by atoms with E-state index in [4.69, 9.17) is 4.99 Å². The Bertz CT molecular complexity index is 987. The third kappa shape index (κ3) is 4.59. The van der Waals surface area contributed by atoms with Gasteiger partial charge in [-0.1, -0.05) is 18.2 Å². The summed E-state index contributed by atoms with van der Waals surface area (Å²) in [7, 11) is 0. The van der Waals surface area contributed by atoms with Crippen LogP contribution in [0.1, 0.15) is 18.9 Å². The molecule has 30 heavy (non-hydrogen) atoms. The standard InChI is InChI=1S/C22H26FN7/c1-2-25-22(27-14-17-6-3-4-8-20(17)30-13-11-24-16-30)28-18-9-12-29(15-18)21-19(23)7-5-10-26-21/h3-8,10-11,13,16,18H,2,9,12,14-15H2,1H3,(H2,25,27,28). The van der Waals surface area contributed by atoms with Crippen LogP contribution in [0.3, 0.4) is 0 Å². The Morgan fingerprint density at radius 3 is 2.93 bits per heavy atom. The van der Waals surface area contributed by atoms with Gasteiger partial charge in [-0.3, -0.25) is 0 Å². The lowest BCUT2D eigenvalue weighted by molar-refractivity contribution is 0.612. The number of benzene rings is 1. The van der Waals surface area contributed by atoms with Crippen molar-refractivity contribution in [2.45, 2.75) is 25.9 Å². The highest BCUT2D eigenvalue weighted by atomic mass is 19.1. The van der Waals surface area contributed by atoms with E-state index < -0.39 is 0 Å². The average molecular weight is 407 g/mol. The second-order valence-corrected chi connectivity index (χ2v) is 7.18. The van der Waals surface area contributed by atoms with Crippen LogP contribution in [0.25, 0.3) is 5.69 Å². The van der Waals surface area contributed by atoms with Crippen LogP contribution in [-0.4, -0.2) is 46.2 Å². The van der Waals surface area contributed by atoms with E-state index in [0.717, 1.165) is 36.7 Å². The average Bonchev–Trinajstić information content (AvgIpc) is 3.45. The lowest BCUT2D eigenvalue weighted by atomic mass is 10.2. The van der Waals surface area contributed by atoms with Gasteiger partial charge in [0.25, 0.3) is 0 Å². The molecule has 2 aromatic heterocycles. The summed E-state index contributed by atoms with van der Waals surface area (Å²) >= 11 is 0. The minimum Gasteiger partial charge on any atom is -0.357 e. The van der Waals surface area contributed by atoms with E-state index in [-0.39, 0.29) is 11.9 Å². The molecule has 4 rings (SSSR count). The van der Waals surface area contributed by atoms with Crippen molar-refractivity contribution in [1.29, 1.82) is 0 Å². The van der Waals surface area contributed by atoms with Crippen molar-refractivity contribution in [3.05, 3.63) is 72.7 Å². The first-order chi connectivity index (χ1) is 14.7. The van der Waals surface area contributed by atoms with Crippen LogP contribution in [0.2, 0.25) is 0 Å². The van der Waals surface area contributed by atoms with E-state index >= 15 is 0 Å². The summed E-state index contributed by atoms with van der Waals surface area (Å²) in [5.41, 5.74) is 2.17. The smallest absolute Gasteiger partial charge is 0.191 e. The summed E-state index contributed by atoms with van der Waals surface area (Å²) in [5.74, 6) is 0.888. The highest BCUT2D eigenvalue weighted by Crippen LogP contribution is 2.21. The van der Waals surface area contributed by atoms with Gasteiger partial charge in [-0.2, -0.15) is 0 Å². The molecule has 0 spiro atoms. The van der Waals surface area contributed by atoms with Crippen molar-refractivity contribution in [3.8, 4) is 5.69 Å². The van der Waals surface area contributed by atoms with E-state index in [1.807, 2.05) is 34.7 Å². The number of hydrogen-bond acceptors (Lipinski definition) is 4. The maximum atomic E-state index is 14.0. The second-order valence-electron chi connectivity index (χ2n) is 7.18. The number of anilines is 1. The predicted molar refractivity (Wildman–Crippen MR) is 116 cm³/mol. The largest absolute Gasteiger partial charge is 0.357 e. The fraction of sp³-hybridized carbons (Fsp3) is 0.318. The summed E-state index contributed by atoms with van der Waals surface area (Å²) in [5, 5.41) is 6.80. The SMILES string of the molecule is CCNC(=NCc1ccccc1-n1ccnc1)NC1CCN(c2ncccc2F)C1. The molecule has 2 N–H and O–H groups in total. The zero-order chi connectivity index (χ0) is 20.8. The normalized spacial score (nSPS) is 16.7. The van der Waals surface area contributed by atoms with E-state index in [2.05, 4.69) is 32.7 Å². The number of imidazole rings is 1. The maximum Gasteiger partial charge on any atom is 0.191 e. The Labute approximate surface area is 175 Å². The first-order valence-electron chi connectivity index (χ1n) is 10.2. The van der Waals surface area contributed by atoms with E-state index in [1.54, 1.807) is 24.8 Å². The monoisotopic (exact) mass is 407 g/mol. The van der Waals surface area contributed by atoms with E-state index in [9.17, 15) is 4.39 Å². The van der Waals surface area contributed by atoms with Gasteiger partial charge in [-0.25, -0.2) is 19.4 Å². The molecule has 1 atom stereocenters. The molecule has 3 aromatic rings. The highest BCUT2D eigenvalue weighted by molar-refractivity contribution is 5.80. The number of rotatable bonds is 6. The van der Waals surface area contributed by atoms with Gasteiger partial charge in [0.1, 0.15) is 0 Å². The van der Waals surface area contributed by atoms with Gasteiger partial charge < -0.3 is 20.1 Å². The van der Waals surface area contributed by atoms with Crippen LogP contribution in [-0.2, 0) is 6.54 Å². The van der Waals surface area contributed by atoms with Crippen molar-refractivity contribution < 1.29 is 4.39 Å². The minimum atomic E-state index is -0.283. The van der Waals surface area contributed by atoms with Gasteiger partial charge in [0.15, 0.2) is 17.6 Å². The molecule has 1 aliphatic rings. The molecular formula is C22H26FN7. The number of aliphatic imine (C=N–C) groups is 1. The Morgan fingerprint density at radius 2 is 2.13 bits per heavy atom. The molecule has 156 valence electrons. The molecule has 0 bridgehead atoms. The van der Waals surface area contributed by atoms with Crippen LogP contribution in [0, 0.1) is 5.82 Å². The molecule has 1 fully saturated rings. The zero-order valence-corrected chi connectivity index (χ0v) is 17.0. The molecule has 1 saturated heterocycles. The second kappa shape index (κ2) is 9.39. The molecule has 3 heterocycles. The number of halogens is 1. The first-order valence-corrected chi connectivity index (χ1v) is 10.2. The molecule has 0 aliphatic carbocycles. The van der Waals surface area contributed by atoms with Gasteiger partial charge in [0.05, 0.1) is 18.6 Å². The summed E-state index contributed by atoms with van der Waals surface area (Å²) in [6.45, 7) is 4.79.